The van der Waals surface area contributed by atoms with Gasteiger partial charge in [-0.25, -0.2) is 0 Å². The zero-order valence-electron chi connectivity index (χ0n) is 18.6. The van der Waals surface area contributed by atoms with Crippen LogP contribution in [0.5, 0.6) is 0 Å². The number of anilines is 1. The summed E-state index contributed by atoms with van der Waals surface area (Å²) in [6, 6.07) is 24.9. The number of hydrogen-bond acceptors (Lipinski definition) is 2. The van der Waals surface area contributed by atoms with Crippen molar-refractivity contribution in [1.82, 2.24) is 4.90 Å². The van der Waals surface area contributed by atoms with E-state index >= 15 is 0 Å². The van der Waals surface area contributed by atoms with Gasteiger partial charge in [0, 0.05) is 17.8 Å². The Morgan fingerprint density at radius 3 is 2.26 bits per heavy atom. The molecule has 0 aromatic heterocycles. The molecule has 1 fully saturated rings. The Bertz CT molecular complexity index is 1000. The maximum absolute atomic E-state index is 12.6. The summed E-state index contributed by atoms with van der Waals surface area (Å²) in [5.41, 5.74) is 6.67. The van der Waals surface area contributed by atoms with Crippen LogP contribution in [0.15, 0.2) is 72.8 Å². The van der Waals surface area contributed by atoms with Crippen molar-refractivity contribution in [2.75, 3.05) is 18.4 Å². The third-order valence-corrected chi connectivity index (χ3v) is 6.46. The van der Waals surface area contributed by atoms with Crippen molar-refractivity contribution in [3.63, 3.8) is 0 Å². The number of nitrogens with zero attached hydrogens (tertiary/aromatic N) is 1. The van der Waals surface area contributed by atoms with Crippen LogP contribution in [0, 0.1) is 19.8 Å². The van der Waals surface area contributed by atoms with Crippen molar-refractivity contribution in [1.29, 1.82) is 0 Å². The lowest BCUT2D eigenvalue weighted by molar-refractivity contribution is 0.102. The second kappa shape index (κ2) is 9.93. The monoisotopic (exact) mass is 412 g/mol. The fourth-order valence-electron chi connectivity index (χ4n) is 4.34. The molecule has 0 unspecified atom stereocenters. The van der Waals surface area contributed by atoms with E-state index in [9.17, 15) is 4.79 Å². The first-order valence-corrected chi connectivity index (χ1v) is 11.3. The summed E-state index contributed by atoms with van der Waals surface area (Å²) in [7, 11) is 0. The SMILES string of the molecule is Cc1ccc(NC(=O)c2ccc(CN3CCC(Cc4ccccc4)CC3)cc2)cc1C. The lowest BCUT2D eigenvalue weighted by Gasteiger charge is -2.32. The minimum absolute atomic E-state index is 0.0588. The van der Waals surface area contributed by atoms with Crippen molar-refractivity contribution < 1.29 is 4.79 Å². The molecule has 3 nitrogen and oxygen atoms in total. The van der Waals surface area contributed by atoms with E-state index in [-0.39, 0.29) is 5.91 Å². The molecule has 3 aromatic carbocycles. The number of amides is 1. The highest BCUT2D eigenvalue weighted by Crippen LogP contribution is 2.23. The minimum Gasteiger partial charge on any atom is -0.322 e. The summed E-state index contributed by atoms with van der Waals surface area (Å²) < 4.78 is 0. The molecule has 1 heterocycles. The Balaban J connectivity index is 1.27. The van der Waals surface area contributed by atoms with Crippen LogP contribution >= 0.6 is 0 Å². The zero-order valence-corrected chi connectivity index (χ0v) is 18.6. The van der Waals surface area contributed by atoms with E-state index < -0.39 is 0 Å². The van der Waals surface area contributed by atoms with Gasteiger partial charge in [0.1, 0.15) is 0 Å². The standard InChI is InChI=1S/C28H32N2O/c1-21-8-13-27(18-22(21)2)29-28(31)26-11-9-25(10-12-26)20-30-16-14-24(15-17-30)19-23-6-4-3-5-7-23/h3-13,18,24H,14-17,19-20H2,1-2H3,(H,29,31). The molecular formula is C28H32N2O. The first kappa shape index (κ1) is 21.3. The number of hydrogen-bond donors (Lipinski definition) is 1. The van der Waals surface area contributed by atoms with Crippen molar-refractivity contribution in [3.05, 3.63) is 101 Å². The highest BCUT2D eigenvalue weighted by molar-refractivity contribution is 6.04. The first-order valence-electron chi connectivity index (χ1n) is 11.3. The van der Waals surface area contributed by atoms with Gasteiger partial charge in [0.2, 0.25) is 0 Å². The van der Waals surface area contributed by atoms with Gasteiger partial charge >= 0.3 is 0 Å². The van der Waals surface area contributed by atoms with Gasteiger partial charge in [-0.2, -0.15) is 0 Å². The van der Waals surface area contributed by atoms with Gasteiger partial charge in [0.05, 0.1) is 0 Å². The predicted molar refractivity (Wildman–Crippen MR) is 128 cm³/mol. The van der Waals surface area contributed by atoms with Gasteiger partial charge in [-0.15, -0.1) is 0 Å². The summed E-state index contributed by atoms with van der Waals surface area (Å²) in [5, 5.41) is 3.00. The van der Waals surface area contributed by atoms with Crippen LogP contribution in [-0.2, 0) is 13.0 Å². The molecule has 0 aliphatic carbocycles. The number of carbonyl (C=O) groups excluding carboxylic acids is 1. The molecule has 31 heavy (non-hydrogen) atoms. The smallest absolute Gasteiger partial charge is 0.255 e. The number of carbonyl (C=O) groups is 1. The molecule has 4 rings (SSSR count). The number of likely N-dealkylation sites (tertiary alicyclic amines) is 1. The Morgan fingerprint density at radius 1 is 0.871 bits per heavy atom. The van der Waals surface area contributed by atoms with Gasteiger partial charge in [0.25, 0.3) is 5.91 Å². The molecule has 3 heteroatoms. The molecule has 0 radical (unpaired) electrons. The molecule has 1 N–H and O–H groups in total. The van der Waals surface area contributed by atoms with Crippen LogP contribution in [0.1, 0.15) is 45.5 Å². The van der Waals surface area contributed by atoms with Crippen molar-refractivity contribution in [3.8, 4) is 0 Å². The Hall–Kier alpha value is -2.91. The normalized spacial score (nSPS) is 15.0. The number of aryl methyl sites for hydroxylation is 2. The van der Waals surface area contributed by atoms with Crippen molar-refractivity contribution >= 4 is 11.6 Å². The first-order chi connectivity index (χ1) is 15.1. The van der Waals surface area contributed by atoms with E-state index in [4.69, 9.17) is 0 Å². The molecule has 0 saturated carbocycles. The van der Waals surface area contributed by atoms with Crippen LogP contribution < -0.4 is 5.32 Å². The van der Waals surface area contributed by atoms with Crippen molar-refractivity contribution in [2.24, 2.45) is 5.92 Å². The number of piperidine rings is 1. The van der Waals surface area contributed by atoms with Crippen LogP contribution in [0.25, 0.3) is 0 Å². The highest BCUT2D eigenvalue weighted by Gasteiger charge is 2.19. The molecule has 1 saturated heterocycles. The van der Waals surface area contributed by atoms with Gasteiger partial charge in [-0.05, 0) is 98.6 Å². The Kier molecular flexibility index (Phi) is 6.83. The minimum atomic E-state index is -0.0588. The predicted octanol–water partition coefficient (Wildman–Crippen LogP) is 6.01. The Labute approximate surface area is 186 Å². The number of benzene rings is 3. The number of nitrogens with one attached hydrogen (secondary N) is 1. The van der Waals surface area contributed by atoms with Crippen LogP contribution in [0.3, 0.4) is 0 Å². The van der Waals surface area contributed by atoms with Crippen LogP contribution in [0.2, 0.25) is 0 Å². The van der Waals surface area contributed by atoms with E-state index in [1.54, 1.807) is 0 Å². The lowest BCUT2D eigenvalue weighted by atomic mass is 9.90. The summed E-state index contributed by atoms with van der Waals surface area (Å²) in [6.45, 7) is 7.38. The van der Waals surface area contributed by atoms with E-state index in [0.717, 1.165) is 31.2 Å². The maximum atomic E-state index is 12.6. The van der Waals surface area contributed by atoms with E-state index in [2.05, 4.69) is 66.5 Å². The average molecular weight is 413 g/mol. The third-order valence-electron chi connectivity index (χ3n) is 6.46. The molecule has 1 aliphatic heterocycles. The lowest BCUT2D eigenvalue weighted by Crippen LogP contribution is -2.33. The summed E-state index contributed by atoms with van der Waals surface area (Å²) in [6.07, 6.45) is 3.70. The average Bonchev–Trinajstić information content (AvgIpc) is 2.79. The van der Waals surface area contributed by atoms with Crippen LogP contribution in [-0.4, -0.2) is 23.9 Å². The molecule has 1 aliphatic rings. The maximum Gasteiger partial charge on any atom is 0.255 e. The van der Waals surface area contributed by atoms with Gasteiger partial charge in [-0.3, -0.25) is 9.69 Å². The summed E-state index contributed by atoms with van der Waals surface area (Å²) in [4.78, 5) is 15.1. The molecule has 160 valence electrons. The molecule has 1 amide bonds. The summed E-state index contributed by atoms with van der Waals surface area (Å²) >= 11 is 0. The second-order valence-electron chi connectivity index (χ2n) is 8.86. The van der Waals surface area contributed by atoms with Gasteiger partial charge < -0.3 is 5.32 Å². The second-order valence-corrected chi connectivity index (χ2v) is 8.86. The van der Waals surface area contributed by atoms with E-state index in [1.165, 1.54) is 41.5 Å². The molecule has 3 aromatic rings. The van der Waals surface area contributed by atoms with Crippen molar-refractivity contribution in [2.45, 2.75) is 39.7 Å². The van der Waals surface area contributed by atoms with Gasteiger partial charge in [-0.1, -0.05) is 48.5 Å². The fraction of sp³-hybridized carbons (Fsp3) is 0.321. The quantitative estimate of drug-likeness (QED) is 0.538. The molecule has 0 spiro atoms. The topological polar surface area (TPSA) is 32.3 Å². The molecule has 0 bridgehead atoms. The fourth-order valence-corrected chi connectivity index (χ4v) is 4.34. The van der Waals surface area contributed by atoms with Crippen LogP contribution in [0.4, 0.5) is 5.69 Å². The number of rotatable bonds is 6. The van der Waals surface area contributed by atoms with Gasteiger partial charge in [0.15, 0.2) is 0 Å². The summed E-state index contributed by atoms with van der Waals surface area (Å²) in [5.74, 6) is 0.728. The highest BCUT2D eigenvalue weighted by atomic mass is 16.1. The third kappa shape index (κ3) is 5.83. The largest absolute Gasteiger partial charge is 0.322 e. The molecular weight excluding hydrogens is 380 g/mol. The van der Waals surface area contributed by atoms with E-state index in [0.29, 0.717) is 5.56 Å². The zero-order chi connectivity index (χ0) is 21.6. The molecule has 0 atom stereocenters. The Morgan fingerprint density at radius 2 is 1.58 bits per heavy atom. The van der Waals surface area contributed by atoms with E-state index in [1.807, 2.05) is 30.3 Å².